The highest BCUT2D eigenvalue weighted by Crippen LogP contribution is 2.48. The van der Waals surface area contributed by atoms with Crippen LogP contribution in [-0.2, 0) is 9.53 Å². The molecule has 1 N–H and O–H groups in total. The van der Waals surface area contributed by atoms with Gasteiger partial charge in [0, 0.05) is 23.1 Å². The quantitative estimate of drug-likeness (QED) is 0.635. The molecule has 170 valence electrons. The molecule has 0 bridgehead atoms. The molecule has 32 heavy (non-hydrogen) atoms. The topological polar surface area (TPSA) is 66.8 Å². The van der Waals surface area contributed by atoms with Gasteiger partial charge in [0.05, 0.1) is 0 Å². The number of carbonyl (C=O) groups is 2. The Labute approximate surface area is 194 Å². The number of amides is 1. The molecule has 1 fully saturated rings. The van der Waals surface area contributed by atoms with E-state index in [0.29, 0.717) is 5.75 Å². The van der Waals surface area contributed by atoms with E-state index in [2.05, 4.69) is 24.3 Å². The Morgan fingerprint density at radius 1 is 1.09 bits per heavy atom. The monoisotopic (exact) mass is 453 g/mol. The minimum absolute atomic E-state index is 0.0603. The van der Waals surface area contributed by atoms with Crippen LogP contribution in [0.25, 0.3) is 11.1 Å². The van der Waals surface area contributed by atoms with Gasteiger partial charge in [-0.3, -0.25) is 4.90 Å². The third-order valence-electron chi connectivity index (χ3n) is 7.12. The predicted molar refractivity (Wildman–Crippen MR) is 128 cm³/mol. The molecule has 4 rings (SSSR count). The van der Waals surface area contributed by atoms with Crippen LogP contribution >= 0.6 is 11.8 Å². The lowest BCUT2D eigenvalue weighted by atomic mass is 9.69. The molecule has 0 spiro atoms. The zero-order valence-corrected chi connectivity index (χ0v) is 19.9. The molecular formula is C26H31NO4S. The maximum absolute atomic E-state index is 13.5. The summed E-state index contributed by atoms with van der Waals surface area (Å²) in [6.45, 7) is 7.81. The largest absolute Gasteiger partial charge is 0.479 e. The van der Waals surface area contributed by atoms with Crippen molar-refractivity contribution in [3.63, 3.8) is 0 Å². The average Bonchev–Trinajstić information content (AvgIpc) is 3.07. The number of carboxylic acids is 1. The predicted octanol–water partition coefficient (Wildman–Crippen LogP) is 5.63. The van der Waals surface area contributed by atoms with Gasteiger partial charge in [0.1, 0.15) is 6.61 Å². The van der Waals surface area contributed by atoms with Crippen molar-refractivity contribution < 1.29 is 19.4 Å². The zero-order chi connectivity index (χ0) is 23.1. The van der Waals surface area contributed by atoms with Gasteiger partial charge >= 0.3 is 12.1 Å². The van der Waals surface area contributed by atoms with Crippen LogP contribution in [-0.4, -0.2) is 51.8 Å². The third-order valence-corrected chi connectivity index (χ3v) is 8.23. The fourth-order valence-electron chi connectivity index (χ4n) is 5.27. The molecular weight excluding hydrogens is 422 g/mol. The maximum atomic E-state index is 13.5. The van der Waals surface area contributed by atoms with E-state index in [9.17, 15) is 14.7 Å². The first-order chi connectivity index (χ1) is 15.2. The normalized spacial score (nSPS) is 21.7. The van der Waals surface area contributed by atoms with Gasteiger partial charge in [-0.1, -0.05) is 62.4 Å². The van der Waals surface area contributed by atoms with Gasteiger partial charge in [0.15, 0.2) is 5.54 Å². The molecule has 1 atom stereocenters. The van der Waals surface area contributed by atoms with Gasteiger partial charge in [0.2, 0.25) is 0 Å². The summed E-state index contributed by atoms with van der Waals surface area (Å²) in [4.78, 5) is 27.6. The standard InChI is InChI=1S/C26H31NO4S/c1-17(2)27(26(23(28)29)16-32-14-13-25(26,3)4)24(30)31-15-22-20-11-7-5-9-18(20)19-10-6-8-12-21(19)22/h5-12,17,22H,13-16H2,1-4H3,(H,28,29). The number of carbonyl (C=O) groups excluding carboxylic acids is 1. The summed E-state index contributed by atoms with van der Waals surface area (Å²) in [6.07, 6.45) is 0.170. The number of benzene rings is 2. The Balaban J connectivity index is 1.63. The number of hydrogen-bond donors (Lipinski definition) is 1. The summed E-state index contributed by atoms with van der Waals surface area (Å²) in [5, 5.41) is 10.4. The highest BCUT2D eigenvalue weighted by atomic mass is 32.2. The Morgan fingerprint density at radius 3 is 2.16 bits per heavy atom. The first kappa shape index (κ1) is 22.7. The van der Waals surface area contributed by atoms with Crippen LogP contribution < -0.4 is 0 Å². The van der Waals surface area contributed by atoms with Gasteiger partial charge in [-0.15, -0.1) is 0 Å². The van der Waals surface area contributed by atoms with Crippen molar-refractivity contribution in [3.8, 4) is 11.1 Å². The van der Waals surface area contributed by atoms with Crippen molar-refractivity contribution in [2.45, 2.75) is 51.6 Å². The van der Waals surface area contributed by atoms with Crippen LogP contribution in [0.5, 0.6) is 0 Å². The molecule has 2 aromatic rings. The average molecular weight is 454 g/mol. The number of nitrogens with zero attached hydrogens (tertiary/aromatic N) is 1. The van der Waals surface area contributed by atoms with E-state index in [0.717, 1.165) is 34.4 Å². The summed E-state index contributed by atoms with van der Waals surface area (Å²) in [6, 6.07) is 16.1. The molecule has 0 aromatic heterocycles. The third kappa shape index (κ3) is 3.49. The van der Waals surface area contributed by atoms with Crippen LogP contribution in [0.1, 0.15) is 51.2 Å². The first-order valence-corrected chi connectivity index (χ1v) is 12.3. The Morgan fingerprint density at radius 2 is 1.66 bits per heavy atom. The van der Waals surface area contributed by atoms with Crippen molar-refractivity contribution >= 4 is 23.8 Å². The van der Waals surface area contributed by atoms with Crippen molar-refractivity contribution in [2.24, 2.45) is 5.41 Å². The van der Waals surface area contributed by atoms with Crippen molar-refractivity contribution in [1.82, 2.24) is 4.90 Å². The number of carboxylic acid groups (broad SMARTS) is 1. The molecule has 0 radical (unpaired) electrons. The lowest BCUT2D eigenvalue weighted by Gasteiger charge is -2.53. The number of fused-ring (bicyclic) bond motifs is 3. The second kappa shape index (κ2) is 8.47. The summed E-state index contributed by atoms with van der Waals surface area (Å²) < 4.78 is 5.90. The second-order valence-corrected chi connectivity index (χ2v) is 10.7. The molecule has 6 heteroatoms. The maximum Gasteiger partial charge on any atom is 0.411 e. The van der Waals surface area contributed by atoms with E-state index >= 15 is 0 Å². The van der Waals surface area contributed by atoms with Gasteiger partial charge in [-0.05, 0) is 48.3 Å². The summed E-state index contributed by atoms with van der Waals surface area (Å²) in [5.74, 6) is 0.225. The Bertz CT molecular complexity index is 988. The SMILES string of the molecule is CC(C)N(C(=O)OCC1c2ccccc2-c2ccccc21)C1(C(=O)O)CSCCC1(C)C. The highest BCUT2D eigenvalue weighted by Gasteiger charge is 2.59. The molecule has 1 amide bonds. The minimum atomic E-state index is -1.31. The van der Waals surface area contributed by atoms with E-state index in [1.807, 2.05) is 52.0 Å². The van der Waals surface area contributed by atoms with E-state index < -0.39 is 23.0 Å². The Hall–Kier alpha value is -2.47. The molecule has 5 nitrogen and oxygen atoms in total. The molecule has 1 saturated heterocycles. The van der Waals surface area contributed by atoms with Crippen LogP contribution in [0.15, 0.2) is 48.5 Å². The van der Waals surface area contributed by atoms with Gasteiger partial charge in [-0.25, -0.2) is 9.59 Å². The molecule has 2 aromatic carbocycles. The van der Waals surface area contributed by atoms with Crippen molar-refractivity contribution in [1.29, 1.82) is 0 Å². The molecule has 1 aliphatic carbocycles. The molecule has 1 unspecified atom stereocenters. The van der Waals surface area contributed by atoms with E-state index in [1.165, 1.54) is 4.90 Å². The van der Waals surface area contributed by atoms with Crippen LogP contribution in [0.4, 0.5) is 4.79 Å². The van der Waals surface area contributed by atoms with E-state index in [-0.39, 0.29) is 18.6 Å². The number of aliphatic carboxylic acids is 1. The molecule has 1 heterocycles. The summed E-state index contributed by atoms with van der Waals surface area (Å²) in [7, 11) is 0. The van der Waals surface area contributed by atoms with Crippen molar-refractivity contribution in [3.05, 3.63) is 59.7 Å². The lowest BCUT2D eigenvalue weighted by Crippen LogP contribution is -2.69. The van der Waals surface area contributed by atoms with Crippen LogP contribution in [0.2, 0.25) is 0 Å². The minimum Gasteiger partial charge on any atom is -0.479 e. The fraction of sp³-hybridized carbons (Fsp3) is 0.462. The smallest absolute Gasteiger partial charge is 0.411 e. The molecule has 2 aliphatic rings. The number of rotatable bonds is 5. The second-order valence-electron chi connectivity index (χ2n) is 9.62. The van der Waals surface area contributed by atoms with Crippen LogP contribution in [0, 0.1) is 5.41 Å². The van der Waals surface area contributed by atoms with Gasteiger partial charge < -0.3 is 9.84 Å². The Kier molecular flexibility index (Phi) is 6.01. The highest BCUT2D eigenvalue weighted by molar-refractivity contribution is 7.99. The zero-order valence-electron chi connectivity index (χ0n) is 19.1. The summed E-state index contributed by atoms with van der Waals surface area (Å²) in [5.41, 5.74) is 2.72. The van der Waals surface area contributed by atoms with E-state index in [4.69, 9.17) is 4.74 Å². The van der Waals surface area contributed by atoms with Gasteiger partial charge in [-0.2, -0.15) is 11.8 Å². The summed E-state index contributed by atoms with van der Waals surface area (Å²) >= 11 is 1.59. The molecule has 1 aliphatic heterocycles. The van der Waals surface area contributed by atoms with Gasteiger partial charge in [0.25, 0.3) is 0 Å². The van der Waals surface area contributed by atoms with Crippen molar-refractivity contribution in [2.75, 3.05) is 18.1 Å². The number of hydrogen-bond acceptors (Lipinski definition) is 4. The number of thioether (sulfide) groups is 1. The number of ether oxygens (including phenoxy) is 1. The van der Waals surface area contributed by atoms with Crippen LogP contribution in [0.3, 0.4) is 0 Å². The first-order valence-electron chi connectivity index (χ1n) is 11.2. The molecule has 0 saturated carbocycles. The van der Waals surface area contributed by atoms with E-state index in [1.54, 1.807) is 11.8 Å². The fourth-order valence-corrected chi connectivity index (χ4v) is 7.02. The lowest BCUT2D eigenvalue weighted by molar-refractivity contribution is -0.159.